The highest BCUT2D eigenvalue weighted by Crippen LogP contribution is 2.59. The van der Waals surface area contributed by atoms with Crippen molar-refractivity contribution in [3.05, 3.63) is 83.9 Å². The third-order valence-corrected chi connectivity index (χ3v) is 7.88. The first-order chi connectivity index (χ1) is 14.7. The lowest BCUT2D eigenvalue weighted by Gasteiger charge is -2.55. The summed E-state index contributed by atoms with van der Waals surface area (Å²) in [5.74, 6) is 0.352. The number of ether oxygens (including phenoxy) is 2. The van der Waals surface area contributed by atoms with E-state index in [1.165, 1.54) is 22.6 Å². The quantitative estimate of drug-likeness (QED) is 0.614. The number of hydrogen-bond donors (Lipinski definition) is 0. The minimum absolute atomic E-state index is 0.0884. The summed E-state index contributed by atoms with van der Waals surface area (Å²) in [7, 11) is 0. The zero-order chi connectivity index (χ0) is 20.2. The second kappa shape index (κ2) is 6.79. The molecule has 0 radical (unpaired) electrons. The Morgan fingerprint density at radius 3 is 2.37 bits per heavy atom. The van der Waals surface area contributed by atoms with Gasteiger partial charge in [0.2, 0.25) is 0 Å². The zero-order valence-electron chi connectivity index (χ0n) is 17.5. The Morgan fingerprint density at radius 2 is 1.63 bits per heavy atom. The van der Waals surface area contributed by atoms with Crippen molar-refractivity contribution in [2.45, 2.75) is 43.8 Å². The van der Waals surface area contributed by atoms with Gasteiger partial charge in [0.25, 0.3) is 0 Å². The predicted octanol–water partition coefficient (Wildman–Crippen LogP) is 4.89. The highest BCUT2D eigenvalue weighted by molar-refractivity contribution is 5.46. The standard InChI is InChI=1S/C26H28N2O2/c1-19-22-12-13-23-24(27-18-28(23)21-10-6-3-7-11-21)25(22,20-8-4-2-5-9-20)14-15-26(19)29-16-17-30-26/h2-11,18-19,22H,12-17H2,1H3/t19-,22-,25+/m0/s1. The first-order valence-electron chi connectivity index (χ1n) is 11.2. The lowest BCUT2D eigenvalue weighted by Crippen LogP contribution is -2.56. The summed E-state index contributed by atoms with van der Waals surface area (Å²) in [6.07, 6.45) is 6.10. The molecule has 2 aromatic carbocycles. The van der Waals surface area contributed by atoms with Gasteiger partial charge in [-0.3, -0.25) is 0 Å². The van der Waals surface area contributed by atoms with Gasteiger partial charge in [0.15, 0.2) is 5.79 Å². The summed E-state index contributed by atoms with van der Waals surface area (Å²) >= 11 is 0. The average Bonchev–Trinajstić information content (AvgIpc) is 3.46. The maximum absolute atomic E-state index is 6.24. The van der Waals surface area contributed by atoms with Crippen LogP contribution in [0.1, 0.15) is 43.1 Å². The van der Waals surface area contributed by atoms with Gasteiger partial charge in [0.05, 0.1) is 25.2 Å². The van der Waals surface area contributed by atoms with E-state index in [4.69, 9.17) is 14.5 Å². The first kappa shape index (κ1) is 18.3. The van der Waals surface area contributed by atoms with Crippen molar-refractivity contribution in [1.29, 1.82) is 0 Å². The molecule has 3 aliphatic rings. The van der Waals surface area contributed by atoms with Gasteiger partial charge in [-0.2, -0.15) is 0 Å². The van der Waals surface area contributed by atoms with Gasteiger partial charge in [0.1, 0.15) is 0 Å². The van der Waals surface area contributed by atoms with E-state index >= 15 is 0 Å². The molecule has 154 valence electrons. The van der Waals surface area contributed by atoms with E-state index in [-0.39, 0.29) is 5.41 Å². The molecular formula is C26H28N2O2. The molecule has 3 atom stereocenters. The normalized spacial score (nSPS) is 29.5. The number of para-hydroxylation sites is 1. The van der Waals surface area contributed by atoms with Crippen molar-refractivity contribution in [3.8, 4) is 5.69 Å². The monoisotopic (exact) mass is 400 g/mol. The van der Waals surface area contributed by atoms with E-state index < -0.39 is 5.79 Å². The van der Waals surface area contributed by atoms with Crippen molar-refractivity contribution in [3.63, 3.8) is 0 Å². The Hall–Kier alpha value is -2.43. The zero-order valence-corrected chi connectivity index (χ0v) is 17.5. The van der Waals surface area contributed by atoms with E-state index in [1.54, 1.807) is 0 Å². The molecule has 1 saturated heterocycles. The van der Waals surface area contributed by atoms with Gasteiger partial charge < -0.3 is 14.0 Å². The molecule has 30 heavy (non-hydrogen) atoms. The molecule has 2 aliphatic carbocycles. The van der Waals surface area contributed by atoms with Crippen LogP contribution in [0.3, 0.4) is 0 Å². The molecule has 4 nitrogen and oxygen atoms in total. The van der Waals surface area contributed by atoms with Gasteiger partial charge in [-0.1, -0.05) is 55.5 Å². The van der Waals surface area contributed by atoms with Crippen LogP contribution in [0.15, 0.2) is 67.0 Å². The van der Waals surface area contributed by atoms with Crippen LogP contribution in [-0.4, -0.2) is 28.6 Å². The maximum Gasteiger partial charge on any atom is 0.171 e. The fourth-order valence-electron chi connectivity index (χ4n) is 6.51. The van der Waals surface area contributed by atoms with Crippen LogP contribution >= 0.6 is 0 Å². The minimum atomic E-state index is -0.414. The summed E-state index contributed by atoms with van der Waals surface area (Å²) < 4.78 is 14.8. The number of hydrogen-bond acceptors (Lipinski definition) is 3. The fourth-order valence-corrected chi connectivity index (χ4v) is 6.51. The molecule has 6 rings (SSSR count). The number of nitrogens with zero attached hydrogens (tertiary/aromatic N) is 2. The molecule has 1 spiro atoms. The smallest absolute Gasteiger partial charge is 0.171 e. The van der Waals surface area contributed by atoms with E-state index in [1.807, 2.05) is 6.33 Å². The SMILES string of the molecule is C[C@H]1[C@@H]2CCc3c(ncn3-c3ccccc3)[C@@]2(c2ccccc2)CCC12OCCO2. The molecule has 2 fully saturated rings. The largest absolute Gasteiger partial charge is 0.347 e. The van der Waals surface area contributed by atoms with E-state index in [0.29, 0.717) is 25.0 Å². The number of benzene rings is 2. The van der Waals surface area contributed by atoms with Crippen LogP contribution < -0.4 is 0 Å². The van der Waals surface area contributed by atoms with Crippen LogP contribution in [0.5, 0.6) is 0 Å². The Balaban J connectivity index is 1.53. The summed E-state index contributed by atoms with van der Waals surface area (Å²) in [5, 5.41) is 0. The molecule has 1 aliphatic heterocycles. The predicted molar refractivity (Wildman–Crippen MR) is 116 cm³/mol. The summed E-state index contributed by atoms with van der Waals surface area (Å²) in [6.45, 7) is 3.76. The minimum Gasteiger partial charge on any atom is -0.347 e. The fraction of sp³-hybridized carbons (Fsp3) is 0.423. The molecular weight excluding hydrogens is 372 g/mol. The number of rotatable bonds is 2. The Kier molecular flexibility index (Phi) is 4.15. The second-order valence-corrected chi connectivity index (χ2v) is 9.03. The summed E-state index contributed by atoms with van der Waals surface area (Å²) in [6, 6.07) is 21.6. The molecule has 2 heterocycles. The highest BCUT2D eigenvalue weighted by atomic mass is 16.7. The van der Waals surface area contributed by atoms with Crippen molar-refractivity contribution in [2.75, 3.05) is 13.2 Å². The molecule has 0 unspecified atom stereocenters. The summed E-state index contributed by atoms with van der Waals surface area (Å²) in [5.41, 5.74) is 5.10. The van der Waals surface area contributed by atoms with Crippen LogP contribution in [0.4, 0.5) is 0 Å². The highest BCUT2D eigenvalue weighted by Gasteiger charge is 2.60. The Labute approximate surface area is 177 Å². The number of imidazole rings is 1. The van der Waals surface area contributed by atoms with E-state index in [9.17, 15) is 0 Å². The molecule has 4 heteroatoms. The van der Waals surface area contributed by atoms with Gasteiger partial charge in [-0.25, -0.2) is 4.98 Å². The van der Waals surface area contributed by atoms with Crippen molar-refractivity contribution in [1.82, 2.24) is 9.55 Å². The Morgan fingerprint density at radius 1 is 0.933 bits per heavy atom. The lowest BCUT2D eigenvalue weighted by atomic mass is 9.52. The van der Waals surface area contributed by atoms with E-state index in [2.05, 4.69) is 72.2 Å². The molecule has 0 amide bonds. The molecule has 3 aromatic rings. The average molecular weight is 401 g/mol. The first-order valence-corrected chi connectivity index (χ1v) is 11.2. The van der Waals surface area contributed by atoms with Crippen LogP contribution in [0.2, 0.25) is 0 Å². The van der Waals surface area contributed by atoms with Crippen molar-refractivity contribution >= 4 is 0 Å². The van der Waals surface area contributed by atoms with Crippen LogP contribution in [-0.2, 0) is 21.3 Å². The topological polar surface area (TPSA) is 36.3 Å². The van der Waals surface area contributed by atoms with Gasteiger partial charge in [-0.15, -0.1) is 0 Å². The molecule has 0 N–H and O–H groups in total. The lowest BCUT2D eigenvalue weighted by molar-refractivity contribution is -0.232. The van der Waals surface area contributed by atoms with Gasteiger partial charge >= 0.3 is 0 Å². The van der Waals surface area contributed by atoms with Crippen molar-refractivity contribution < 1.29 is 9.47 Å². The molecule has 1 saturated carbocycles. The second-order valence-electron chi connectivity index (χ2n) is 9.03. The van der Waals surface area contributed by atoms with Gasteiger partial charge in [0, 0.05) is 29.1 Å². The number of fused-ring (bicyclic) bond motifs is 3. The molecule has 0 bridgehead atoms. The van der Waals surface area contributed by atoms with Gasteiger partial charge in [-0.05, 0) is 42.9 Å². The van der Waals surface area contributed by atoms with Crippen molar-refractivity contribution in [2.24, 2.45) is 11.8 Å². The maximum atomic E-state index is 6.24. The third-order valence-electron chi connectivity index (χ3n) is 7.88. The van der Waals surface area contributed by atoms with Crippen LogP contribution in [0, 0.1) is 11.8 Å². The third kappa shape index (κ3) is 2.44. The Bertz CT molecular complexity index is 1040. The van der Waals surface area contributed by atoms with Crippen LogP contribution in [0.25, 0.3) is 5.69 Å². The summed E-state index contributed by atoms with van der Waals surface area (Å²) in [4.78, 5) is 5.10. The molecule has 1 aromatic heterocycles. The van der Waals surface area contributed by atoms with E-state index in [0.717, 1.165) is 25.7 Å². The number of aromatic nitrogens is 2.